The van der Waals surface area contributed by atoms with Crippen LogP contribution in [0.4, 0.5) is 5.69 Å². The summed E-state index contributed by atoms with van der Waals surface area (Å²) in [6.07, 6.45) is 1.95. The Morgan fingerprint density at radius 1 is 0.913 bits per heavy atom. The number of rotatable bonds is 6. The highest BCUT2D eigenvalue weighted by Gasteiger charge is 2.14. The maximum Gasteiger partial charge on any atom is 0.255 e. The number of benzene rings is 2. The van der Waals surface area contributed by atoms with Crippen molar-refractivity contribution in [3.05, 3.63) is 65.2 Å². The minimum absolute atomic E-state index is 0.167. The maximum atomic E-state index is 12.4. The Kier molecular flexibility index (Phi) is 5.92. The first kappa shape index (κ1) is 16.7. The SMILES string of the molecule is CCCCNC(=O)c1ccccc1NC(=O)c1ccccc1C. The molecule has 0 saturated heterocycles. The van der Waals surface area contributed by atoms with E-state index in [1.807, 2.05) is 25.1 Å². The second-order valence-electron chi connectivity index (χ2n) is 5.42. The lowest BCUT2D eigenvalue weighted by Gasteiger charge is -2.12. The van der Waals surface area contributed by atoms with E-state index in [-0.39, 0.29) is 11.8 Å². The van der Waals surface area contributed by atoms with Gasteiger partial charge in [-0.25, -0.2) is 0 Å². The second-order valence-corrected chi connectivity index (χ2v) is 5.42. The maximum absolute atomic E-state index is 12.4. The molecular formula is C19H22N2O2. The molecule has 0 radical (unpaired) electrons. The van der Waals surface area contributed by atoms with E-state index in [1.165, 1.54) is 0 Å². The molecule has 0 unspecified atom stereocenters. The summed E-state index contributed by atoms with van der Waals surface area (Å²) in [4.78, 5) is 24.7. The summed E-state index contributed by atoms with van der Waals surface area (Å²) < 4.78 is 0. The van der Waals surface area contributed by atoms with Gasteiger partial charge in [0.2, 0.25) is 0 Å². The largest absolute Gasteiger partial charge is 0.352 e. The van der Waals surface area contributed by atoms with Crippen molar-refractivity contribution < 1.29 is 9.59 Å². The van der Waals surface area contributed by atoms with Crippen molar-refractivity contribution in [2.24, 2.45) is 0 Å². The first-order chi connectivity index (χ1) is 11.1. The fraction of sp³-hybridized carbons (Fsp3) is 0.263. The Hall–Kier alpha value is -2.62. The van der Waals surface area contributed by atoms with Crippen LogP contribution in [0.15, 0.2) is 48.5 Å². The summed E-state index contributed by atoms with van der Waals surface area (Å²) in [5.41, 5.74) is 2.50. The van der Waals surface area contributed by atoms with Gasteiger partial charge in [0.05, 0.1) is 11.3 Å². The van der Waals surface area contributed by atoms with Gasteiger partial charge in [-0.15, -0.1) is 0 Å². The smallest absolute Gasteiger partial charge is 0.255 e. The summed E-state index contributed by atoms with van der Waals surface area (Å²) in [6.45, 7) is 4.59. The lowest BCUT2D eigenvalue weighted by atomic mass is 10.1. The van der Waals surface area contributed by atoms with Crippen LogP contribution in [0.3, 0.4) is 0 Å². The highest BCUT2D eigenvalue weighted by molar-refractivity contribution is 6.09. The minimum atomic E-state index is -0.211. The topological polar surface area (TPSA) is 58.2 Å². The van der Waals surface area contributed by atoms with Gasteiger partial charge in [0.1, 0.15) is 0 Å². The number of carbonyl (C=O) groups excluding carboxylic acids is 2. The van der Waals surface area contributed by atoms with E-state index in [0.717, 1.165) is 18.4 Å². The Morgan fingerprint density at radius 3 is 2.26 bits per heavy atom. The normalized spacial score (nSPS) is 10.2. The number of hydrogen-bond acceptors (Lipinski definition) is 2. The van der Waals surface area contributed by atoms with Crippen molar-refractivity contribution in [2.75, 3.05) is 11.9 Å². The fourth-order valence-electron chi connectivity index (χ4n) is 2.28. The first-order valence-electron chi connectivity index (χ1n) is 7.87. The molecule has 0 fully saturated rings. The summed E-state index contributed by atoms with van der Waals surface area (Å²) in [5.74, 6) is -0.379. The third-order valence-corrected chi connectivity index (χ3v) is 3.63. The van der Waals surface area contributed by atoms with Gasteiger partial charge in [0.25, 0.3) is 11.8 Å². The average Bonchev–Trinajstić information content (AvgIpc) is 2.55. The molecule has 2 N–H and O–H groups in total. The van der Waals surface area contributed by atoms with Gasteiger partial charge in [-0.05, 0) is 37.1 Å². The van der Waals surface area contributed by atoms with Crippen molar-refractivity contribution in [2.45, 2.75) is 26.7 Å². The van der Waals surface area contributed by atoms with E-state index in [1.54, 1.807) is 30.3 Å². The molecule has 2 aromatic rings. The van der Waals surface area contributed by atoms with Gasteiger partial charge < -0.3 is 10.6 Å². The van der Waals surface area contributed by atoms with Gasteiger partial charge in [-0.1, -0.05) is 43.7 Å². The van der Waals surface area contributed by atoms with Gasteiger partial charge in [-0.3, -0.25) is 9.59 Å². The van der Waals surface area contributed by atoms with Crippen molar-refractivity contribution in [3.63, 3.8) is 0 Å². The molecule has 0 atom stereocenters. The molecule has 0 bridgehead atoms. The summed E-state index contributed by atoms with van der Waals surface area (Å²) in [6, 6.07) is 14.4. The first-order valence-corrected chi connectivity index (χ1v) is 7.87. The zero-order valence-corrected chi connectivity index (χ0v) is 13.6. The number of anilines is 1. The zero-order valence-electron chi connectivity index (χ0n) is 13.6. The third-order valence-electron chi connectivity index (χ3n) is 3.63. The number of unbranched alkanes of at least 4 members (excludes halogenated alkanes) is 1. The molecule has 2 amide bonds. The molecule has 0 saturated carbocycles. The quantitative estimate of drug-likeness (QED) is 0.798. The molecule has 4 nitrogen and oxygen atoms in total. The molecular weight excluding hydrogens is 288 g/mol. The lowest BCUT2D eigenvalue weighted by molar-refractivity contribution is 0.0954. The molecule has 4 heteroatoms. The van der Waals surface area contributed by atoms with E-state index < -0.39 is 0 Å². The number of aryl methyl sites for hydroxylation is 1. The Labute approximate surface area is 136 Å². The number of para-hydroxylation sites is 1. The van der Waals surface area contributed by atoms with E-state index in [4.69, 9.17) is 0 Å². The number of hydrogen-bond donors (Lipinski definition) is 2. The summed E-state index contributed by atoms with van der Waals surface area (Å²) in [7, 11) is 0. The van der Waals surface area contributed by atoms with Crippen LogP contribution in [0.5, 0.6) is 0 Å². The van der Waals surface area contributed by atoms with Crippen LogP contribution in [0.1, 0.15) is 46.0 Å². The predicted molar refractivity (Wildman–Crippen MR) is 92.8 cm³/mol. The molecule has 0 aromatic heterocycles. The van der Waals surface area contributed by atoms with Crippen LogP contribution in [-0.4, -0.2) is 18.4 Å². The fourth-order valence-corrected chi connectivity index (χ4v) is 2.28. The summed E-state index contributed by atoms with van der Waals surface area (Å²) >= 11 is 0. The molecule has 2 aromatic carbocycles. The van der Waals surface area contributed by atoms with E-state index in [9.17, 15) is 9.59 Å². The third kappa shape index (κ3) is 4.42. The highest BCUT2D eigenvalue weighted by atomic mass is 16.2. The van der Waals surface area contributed by atoms with Crippen LogP contribution in [0, 0.1) is 6.92 Å². The minimum Gasteiger partial charge on any atom is -0.352 e. The second kappa shape index (κ2) is 8.13. The standard InChI is InChI=1S/C19H22N2O2/c1-3-4-13-20-18(22)16-11-7-8-12-17(16)21-19(23)15-10-6-5-9-14(15)2/h5-12H,3-4,13H2,1-2H3,(H,20,22)(H,21,23). The lowest BCUT2D eigenvalue weighted by Crippen LogP contribution is -2.26. The highest BCUT2D eigenvalue weighted by Crippen LogP contribution is 2.17. The summed E-state index contributed by atoms with van der Waals surface area (Å²) in [5, 5.41) is 5.71. The molecule has 120 valence electrons. The zero-order chi connectivity index (χ0) is 16.7. The van der Waals surface area contributed by atoms with Gasteiger partial charge in [0.15, 0.2) is 0 Å². The Morgan fingerprint density at radius 2 is 1.57 bits per heavy atom. The molecule has 0 spiro atoms. The van der Waals surface area contributed by atoms with Gasteiger partial charge in [-0.2, -0.15) is 0 Å². The monoisotopic (exact) mass is 310 g/mol. The van der Waals surface area contributed by atoms with Crippen LogP contribution in [0.25, 0.3) is 0 Å². The van der Waals surface area contributed by atoms with Crippen LogP contribution in [0.2, 0.25) is 0 Å². The number of amides is 2. The Balaban J connectivity index is 2.16. The molecule has 0 aliphatic rings. The predicted octanol–water partition coefficient (Wildman–Crippen LogP) is 3.78. The van der Waals surface area contributed by atoms with E-state index in [0.29, 0.717) is 23.4 Å². The number of nitrogens with one attached hydrogen (secondary N) is 2. The number of carbonyl (C=O) groups is 2. The van der Waals surface area contributed by atoms with Crippen LogP contribution >= 0.6 is 0 Å². The van der Waals surface area contributed by atoms with E-state index in [2.05, 4.69) is 17.6 Å². The van der Waals surface area contributed by atoms with Crippen molar-refractivity contribution in [1.82, 2.24) is 5.32 Å². The Bertz CT molecular complexity index is 695. The van der Waals surface area contributed by atoms with Crippen molar-refractivity contribution in [3.8, 4) is 0 Å². The van der Waals surface area contributed by atoms with Gasteiger partial charge in [0, 0.05) is 12.1 Å². The van der Waals surface area contributed by atoms with Crippen LogP contribution < -0.4 is 10.6 Å². The van der Waals surface area contributed by atoms with E-state index >= 15 is 0 Å². The van der Waals surface area contributed by atoms with Crippen LogP contribution in [-0.2, 0) is 0 Å². The molecule has 0 aliphatic carbocycles. The van der Waals surface area contributed by atoms with Gasteiger partial charge >= 0.3 is 0 Å². The molecule has 0 aliphatic heterocycles. The van der Waals surface area contributed by atoms with Crippen molar-refractivity contribution >= 4 is 17.5 Å². The molecule has 0 heterocycles. The molecule has 23 heavy (non-hydrogen) atoms. The van der Waals surface area contributed by atoms with Crippen molar-refractivity contribution in [1.29, 1.82) is 0 Å². The average molecular weight is 310 g/mol. The molecule has 2 rings (SSSR count).